The second-order valence-corrected chi connectivity index (χ2v) is 16.5. The lowest BCUT2D eigenvalue weighted by atomic mass is 9.32. The number of carbonyl (C=O) groups excluding carboxylic acids is 1. The molecular formula is C37H56BrNO3. The van der Waals surface area contributed by atoms with E-state index in [1.165, 1.54) is 31.3 Å². The molecule has 42 heavy (non-hydrogen) atoms. The fourth-order valence-electron chi connectivity index (χ4n) is 12.5. The first-order valence-electron chi connectivity index (χ1n) is 16.8. The molecule has 5 saturated carbocycles. The number of allylic oxidation sites excluding steroid dienone is 1. The summed E-state index contributed by atoms with van der Waals surface area (Å²) in [6, 6.07) is 6.06. The largest absolute Gasteiger partial charge is 1.00 e. The predicted molar refractivity (Wildman–Crippen MR) is 163 cm³/mol. The topological polar surface area (TPSA) is 50.4 Å². The van der Waals surface area contributed by atoms with Crippen LogP contribution < -0.4 is 21.5 Å². The maximum atomic E-state index is 14.2. The highest BCUT2D eigenvalue weighted by atomic mass is 79.9. The first-order chi connectivity index (χ1) is 19.3. The number of carbonyl (C=O) groups is 1. The number of halogens is 1. The standard InChI is InChI=1S/C37H56NO3.BrH/c1-25(2)26-13-18-37(32(40)41-24-23-38-21-9-8-10-22-38)20-19-35(6)27(31(26)37)11-12-29-34(5)16-15-30(39)33(3,4)28(34)14-17-36(29,35)7;/h8-10,21-22,26-31,39H,1,11-20,23-24H2,2-7H3;1H/q+1;/p-1/t26-,27+,28-,29+,30-,31+,34-,35+,36+,37-;/m0./s1. The molecule has 1 aromatic rings. The number of aromatic nitrogens is 1. The molecule has 0 radical (unpaired) electrons. The van der Waals surface area contributed by atoms with Crippen LogP contribution >= 0.6 is 0 Å². The molecule has 10 atom stereocenters. The predicted octanol–water partition coefficient (Wildman–Crippen LogP) is 4.54. The van der Waals surface area contributed by atoms with E-state index in [-0.39, 0.29) is 56.1 Å². The van der Waals surface area contributed by atoms with Crippen molar-refractivity contribution in [1.29, 1.82) is 0 Å². The quantitative estimate of drug-likeness (QED) is 0.292. The van der Waals surface area contributed by atoms with Crippen molar-refractivity contribution in [2.24, 2.45) is 56.7 Å². The second kappa shape index (κ2) is 11.0. The van der Waals surface area contributed by atoms with Gasteiger partial charge in [-0.3, -0.25) is 4.79 Å². The van der Waals surface area contributed by atoms with E-state index in [2.05, 4.69) is 52.7 Å². The summed E-state index contributed by atoms with van der Waals surface area (Å²) in [7, 11) is 0. The van der Waals surface area contributed by atoms with E-state index >= 15 is 0 Å². The van der Waals surface area contributed by atoms with Gasteiger partial charge in [0.25, 0.3) is 0 Å². The summed E-state index contributed by atoms with van der Waals surface area (Å²) in [6.45, 7) is 20.4. The van der Waals surface area contributed by atoms with Crippen LogP contribution in [0.15, 0.2) is 42.7 Å². The minimum Gasteiger partial charge on any atom is -1.00 e. The highest BCUT2D eigenvalue weighted by Crippen LogP contribution is 2.77. The van der Waals surface area contributed by atoms with Gasteiger partial charge in [0.2, 0.25) is 0 Å². The van der Waals surface area contributed by atoms with Gasteiger partial charge >= 0.3 is 5.97 Å². The Bertz CT molecular complexity index is 1180. The second-order valence-electron chi connectivity index (χ2n) is 16.5. The van der Waals surface area contributed by atoms with Crippen LogP contribution in [0.3, 0.4) is 0 Å². The van der Waals surface area contributed by atoms with E-state index in [0.717, 1.165) is 38.5 Å². The molecule has 0 saturated heterocycles. The molecule has 5 aliphatic rings. The number of hydrogen-bond acceptors (Lipinski definition) is 3. The highest BCUT2D eigenvalue weighted by molar-refractivity contribution is 5.78. The molecule has 1 N–H and O–H groups in total. The third-order valence-corrected chi connectivity index (χ3v) is 14.8. The zero-order valence-corrected chi connectivity index (χ0v) is 28.7. The number of aliphatic hydroxyl groups is 1. The molecule has 1 heterocycles. The highest BCUT2D eigenvalue weighted by Gasteiger charge is 2.72. The minimum absolute atomic E-state index is 0. The van der Waals surface area contributed by atoms with Crippen LogP contribution in [0.25, 0.3) is 0 Å². The fraction of sp³-hybridized carbons (Fsp3) is 0.784. The third kappa shape index (κ3) is 4.44. The zero-order valence-electron chi connectivity index (χ0n) is 27.1. The van der Waals surface area contributed by atoms with E-state index in [1.54, 1.807) is 0 Å². The number of aliphatic hydroxyl groups excluding tert-OH is 1. The van der Waals surface area contributed by atoms with E-state index < -0.39 is 0 Å². The Kier molecular flexibility index (Phi) is 8.43. The van der Waals surface area contributed by atoms with Crippen molar-refractivity contribution in [3.05, 3.63) is 42.7 Å². The van der Waals surface area contributed by atoms with Crippen LogP contribution in [0.2, 0.25) is 0 Å². The first-order valence-corrected chi connectivity index (χ1v) is 16.8. The molecule has 234 valence electrons. The SMILES string of the molecule is C=C(C)[C@@H]1CC[C@]2(C(=O)OCC[n+]3ccccc3)CC[C@]3(C)[C@H](CC[C@@H]4[C@@]5(C)CC[C@H](O)C(C)(C)[C@@H]5CC[C@]43C)[C@@H]12.[Br-]. The summed E-state index contributed by atoms with van der Waals surface area (Å²) in [6.07, 6.45) is 15.0. The maximum absolute atomic E-state index is 14.2. The van der Waals surface area contributed by atoms with Gasteiger partial charge < -0.3 is 26.8 Å². The van der Waals surface area contributed by atoms with Gasteiger partial charge in [0.05, 0.1) is 11.5 Å². The van der Waals surface area contributed by atoms with Gasteiger partial charge in [0.15, 0.2) is 25.5 Å². The Hall–Kier alpha value is -1.20. The lowest BCUT2D eigenvalue weighted by Gasteiger charge is -2.72. The molecule has 5 heteroatoms. The van der Waals surface area contributed by atoms with E-state index in [4.69, 9.17) is 4.74 Å². The number of nitrogens with zero attached hydrogens (tertiary/aromatic N) is 1. The van der Waals surface area contributed by atoms with Gasteiger partial charge in [0, 0.05) is 12.1 Å². The van der Waals surface area contributed by atoms with Gasteiger partial charge in [-0.1, -0.05) is 52.8 Å². The van der Waals surface area contributed by atoms with Crippen LogP contribution in [-0.4, -0.2) is 23.8 Å². The van der Waals surface area contributed by atoms with Crippen molar-refractivity contribution in [2.45, 2.75) is 118 Å². The van der Waals surface area contributed by atoms with Crippen molar-refractivity contribution in [2.75, 3.05) is 6.61 Å². The summed E-state index contributed by atoms with van der Waals surface area (Å²) < 4.78 is 8.26. The first kappa shape index (κ1) is 32.2. The van der Waals surface area contributed by atoms with Crippen molar-refractivity contribution >= 4 is 5.97 Å². The summed E-state index contributed by atoms with van der Waals surface area (Å²) in [5.74, 6) is 2.59. The zero-order chi connectivity index (χ0) is 29.4. The van der Waals surface area contributed by atoms with E-state index in [9.17, 15) is 9.90 Å². The third-order valence-electron chi connectivity index (χ3n) is 14.8. The molecule has 4 nitrogen and oxygen atoms in total. The number of ether oxygens (including phenoxy) is 1. The maximum Gasteiger partial charge on any atom is 0.312 e. The van der Waals surface area contributed by atoms with Gasteiger partial charge in [-0.2, -0.15) is 0 Å². The Balaban J connectivity index is 0.00000353. The molecule has 0 spiro atoms. The molecule has 5 aliphatic carbocycles. The lowest BCUT2D eigenvalue weighted by Crippen LogP contribution is -3.00. The fourth-order valence-corrected chi connectivity index (χ4v) is 12.5. The number of fused-ring (bicyclic) bond motifs is 7. The molecule has 6 rings (SSSR count). The molecule has 0 aliphatic heterocycles. The number of pyridine rings is 1. The smallest absolute Gasteiger partial charge is 0.312 e. The normalized spacial score (nSPS) is 45.3. The molecule has 5 fully saturated rings. The molecule has 0 amide bonds. The van der Waals surface area contributed by atoms with Gasteiger partial charge in [-0.15, -0.1) is 0 Å². The molecule has 0 aromatic carbocycles. The van der Waals surface area contributed by atoms with Crippen molar-refractivity contribution < 1.29 is 36.2 Å². The average molecular weight is 643 g/mol. The van der Waals surface area contributed by atoms with Crippen molar-refractivity contribution in [3.63, 3.8) is 0 Å². The Morgan fingerprint density at radius 1 is 0.881 bits per heavy atom. The lowest BCUT2D eigenvalue weighted by molar-refractivity contribution is -0.698. The van der Waals surface area contributed by atoms with Gasteiger partial charge in [-0.25, -0.2) is 4.57 Å². The van der Waals surface area contributed by atoms with Gasteiger partial charge in [0.1, 0.15) is 0 Å². The summed E-state index contributed by atoms with van der Waals surface area (Å²) in [4.78, 5) is 14.2. The summed E-state index contributed by atoms with van der Waals surface area (Å²) >= 11 is 0. The molecule has 0 bridgehead atoms. The Labute approximate surface area is 265 Å². The van der Waals surface area contributed by atoms with Gasteiger partial charge in [-0.05, 0) is 122 Å². The van der Waals surface area contributed by atoms with E-state index in [1.807, 2.05) is 30.6 Å². The average Bonchev–Trinajstić information content (AvgIpc) is 3.33. The van der Waals surface area contributed by atoms with Crippen molar-refractivity contribution in [1.82, 2.24) is 0 Å². The van der Waals surface area contributed by atoms with Crippen molar-refractivity contribution in [3.8, 4) is 0 Å². The number of esters is 1. The van der Waals surface area contributed by atoms with Crippen LogP contribution in [0.4, 0.5) is 0 Å². The molecular weight excluding hydrogens is 586 g/mol. The van der Waals surface area contributed by atoms with Crippen LogP contribution in [0, 0.1) is 56.7 Å². The summed E-state index contributed by atoms with van der Waals surface area (Å²) in [5.41, 5.74) is 1.61. The van der Waals surface area contributed by atoms with Crippen LogP contribution in [0.1, 0.15) is 106 Å². The van der Waals surface area contributed by atoms with E-state index in [0.29, 0.717) is 42.7 Å². The monoisotopic (exact) mass is 641 g/mol. The summed E-state index contributed by atoms with van der Waals surface area (Å²) in [5, 5.41) is 11.0. The van der Waals surface area contributed by atoms with Crippen LogP contribution in [0.5, 0.6) is 0 Å². The number of hydrogen-bond donors (Lipinski definition) is 1. The molecule has 0 unspecified atom stereocenters. The molecule has 1 aromatic heterocycles. The Morgan fingerprint density at radius 2 is 1.60 bits per heavy atom. The van der Waals surface area contributed by atoms with Crippen LogP contribution in [-0.2, 0) is 16.1 Å². The minimum atomic E-state index is -0.365. The number of rotatable bonds is 5. The Morgan fingerprint density at radius 3 is 2.29 bits per heavy atom.